The van der Waals surface area contributed by atoms with E-state index < -0.39 is 0 Å². The van der Waals surface area contributed by atoms with Crippen LogP contribution in [0, 0.1) is 11.8 Å². The smallest absolute Gasteiger partial charge is 0.220 e. The first kappa shape index (κ1) is 12.5. The van der Waals surface area contributed by atoms with Crippen molar-refractivity contribution in [2.45, 2.75) is 26.2 Å². The predicted molar refractivity (Wildman–Crippen MR) is 59.4 cm³/mol. The van der Waals surface area contributed by atoms with Crippen molar-refractivity contribution >= 4 is 5.91 Å². The van der Waals surface area contributed by atoms with Crippen LogP contribution >= 0.6 is 0 Å². The van der Waals surface area contributed by atoms with Crippen LogP contribution in [0.1, 0.15) is 26.2 Å². The molecule has 0 bridgehead atoms. The van der Waals surface area contributed by atoms with Gasteiger partial charge in [0, 0.05) is 19.6 Å². The third kappa shape index (κ3) is 5.14. The molecular formula is C11H22N2O2. The third-order valence-corrected chi connectivity index (χ3v) is 2.78. The molecule has 4 heteroatoms. The number of nitrogens with two attached hydrogens (primary N) is 1. The van der Waals surface area contributed by atoms with E-state index in [1.807, 2.05) is 6.92 Å². The van der Waals surface area contributed by atoms with Crippen molar-refractivity contribution in [3.05, 3.63) is 0 Å². The van der Waals surface area contributed by atoms with Crippen LogP contribution in [0.15, 0.2) is 0 Å². The van der Waals surface area contributed by atoms with E-state index in [4.69, 9.17) is 10.5 Å². The maximum Gasteiger partial charge on any atom is 0.220 e. The molecule has 2 unspecified atom stereocenters. The van der Waals surface area contributed by atoms with E-state index in [-0.39, 0.29) is 11.8 Å². The highest BCUT2D eigenvalue weighted by molar-refractivity contribution is 5.76. The summed E-state index contributed by atoms with van der Waals surface area (Å²) in [6.07, 6.45) is 2.80. The van der Waals surface area contributed by atoms with E-state index in [2.05, 4.69) is 5.32 Å². The van der Waals surface area contributed by atoms with Gasteiger partial charge in [-0.05, 0) is 31.2 Å². The lowest BCUT2D eigenvalue weighted by Gasteiger charge is -2.22. The fraction of sp³-hybridized carbons (Fsp3) is 0.909. The Labute approximate surface area is 91.5 Å². The van der Waals surface area contributed by atoms with E-state index in [0.717, 1.165) is 32.6 Å². The number of rotatable bonds is 5. The average Bonchev–Trinajstić information content (AvgIpc) is 2.27. The van der Waals surface area contributed by atoms with E-state index in [1.54, 1.807) is 0 Å². The van der Waals surface area contributed by atoms with Crippen LogP contribution in [0.25, 0.3) is 0 Å². The predicted octanol–water partition coefficient (Wildman–Crippen LogP) is 0.514. The minimum Gasteiger partial charge on any atom is -0.381 e. The van der Waals surface area contributed by atoms with Gasteiger partial charge in [-0.3, -0.25) is 4.79 Å². The first-order chi connectivity index (χ1) is 7.22. The molecule has 1 saturated heterocycles. The molecule has 1 aliphatic rings. The topological polar surface area (TPSA) is 64.4 Å². The quantitative estimate of drug-likeness (QED) is 0.701. The molecule has 2 atom stereocenters. The molecule has 0 aliphatic carbocycles. The first-order valence-corrected chi connectivity index (χ1v) is 5.77. The van der Waals surface area contributed by atoms with Gasteiger partial charge in [-0.25, -0.2) is 0 Å². The number of nitrogens with one attached hydrogen (secondary N) is 1. The van der Waals surface area contributed by atoms with E-state index in [1.165, 1.54) is 0 Å². The van der Waals surface area contributed by atoms with Crippen LogP contribution in [-0.4, -0.2) is 32.2 Å². The lowest BCUT2D eigenvalue weighted by Crippen LogP contribution is -2.34. The zero-order chi connectivity index (χ0) is 11.1. The van der Waals surface area contributed by atoms with Crippen molar-refractivity contribution in [1.29, 1.82) is 0 Å². The zero-order valence-corrected chi connectivity index (χ0v) is 9.50. The second-order valence-corrected chi connectivity index (χ2v) is 4.43. The first-order valence-electron chi connectivity index (χ1n) is 5.77. The molecule has 0 spiro atoms. The largest absolute Gasteiger partial charge is 0.381 e. The summed E-state index contributed by atoms with van der Waals surface area (Å²) in [4.78, 5) is 11.4. The summed E-state index contributed by atoms with van der Waals surface area (Å²) in [6, 6.07) is 0. The molecule has 3 N–H and O–H groups in total. The summed E-state index contributed by atoms with van der Waals surface area (Å²) in [5.41, 5.74) is 5.46. The Kier molecular flexibility index (Phi) is 5.65. The van der Waals surface area contributed by atoms with Gasteiger partial charge in [0.25, 0.3) is 0 Å². The maximum atomic E-state index is 11.4. The fourth-order valence-electron chi connectivity index (χ4n) is 1.70. The van der Waals surface area contributed by atoms with Gasteiger partial charge in [-0.2, -0.15) is 0 Å². The van der Waals surface area contributed by atoms with Gasteiger partial charge < -0.3 is 15.8 Å². The second-order valence-electron chi connectivity index (χ2n) is 4.43. The number of hydrogen-bond acceptors (Lipinski definition) is 3. The molecule has 1 amide bonds. The SMILES string of the molecule is CC(CN)CC(=O)NCC1CCCOC1. The Bertz CT molecular complexity index is 191. The molecule has 88 valence electrons. The highest BCUT2D eigenvalue weighted by Gasteiger charge is 2.15. The Morgan fingerprint density at radius 1 is 1.67 bits per heavy atom. The van der Waals surface area contributed by atoms with Gasteiger partial charge >= 0.3 is 0 Å². The van der Waals surface area contributed by atoms with Crippen LogP contribution < -0.4 is 11.1 Å². The van der Waals surface area contributed by atoms with Crippen molar-refractivity contribution in [2.24, 2.45) is 17.6 Å². The van der Waals surface area contributed by atoms with E-state index in [0.29, 0.717) is 18.9 Å². The number of hydrogen-bond donors (Lipinski definition) is 2. The summed E-state index contributed by atoms with van der Waals surface area (Å²) in [5, 5.41) is 2.94. The van der Waals surface area contributed by atoms with Gasteiger partial charge in [0.15, 0.2) is 0 Å². The Morgan fingerprint density at radius 2 is 2.47 bits per heavy atom. The summed E-state index contributed by atoms with van der Waals surface area (Å²) in [7, 11) is 0. The maximum absolute atomic E-state index is 11.4. The summed E-state index contributed by atoms with van der Waals surface area (Å²) in [5.74, 6) is 0.877. The number of amides is 1. The zero-order valence-electron chi connectivity index (χ0n) is 9.50. The molecule has 4 nitrogen and oxygen atoms in total. The van der Waals surface area contributed by atoms with Crippen LogP contribution in [0.5, 0.6) is 0 Å². The number of carbonyl (C=O) groups excluding carboxylic acids is 1. The molecule has 1 heterocycles. The molecule has 1 rings (SSSR count). The van der Waals surface area contributed by atoms with Gasteiger partial charge in [0.2, 0.25) is 5.91 Å². The monoisotopic (exact) mass is 214 g/mol. The van der Waals surface area contributed by atoms with E-state index in [9.17, 15) is 4.79 Å². The van der Waals surface area contributed by atoms with Crippen LogP contribution in [0.3, 0.4) is 0 Å². The fourth-order valence-corrected chi connectivity index (χ4v) is 1.70. The minimum absolute atomic E-state index is 0.110. The standard InChI is InChI=1S/C11H22N2O2/c1-9(6-12)5-11(14)13-7-10-3-2-4-15-8-10/h9-10H,2-8,12H2,1H3,(H,13,14). The van der Waals surface area contributed by atoms with Gasteiger partial charge in [0.1, 0.15) is 0 Å². The average molecular weight is 214 g/mol. The van der Waals surface area contributed by atoms with Gasteiger partial charge in [0.05, 0.1) is 6.61 Å². The highest BCUT2D eigenvalue weighted by atomic mass is 16.5. The van der Waals surface area contributed by atoms with Crippen LogP contribution in [0.4, 0.5) is 0 Å². The van der Waals surface area contributed by atoms with Crippen LogP contribution in [0.2, 0.25) is 0 Å². The summed E-state index contributed by atoms with van der Waals surface area (Å²) >= 11 is 0. The molecule has 15 heavy (non-hydrogen) atoms. The molecule has 0 aromatic rings. The molecular weight excluding hydrogens is 192 g/mol. The van der Waals surface area contributed by atoms with Crippen LogP contribution in [-0.2, 0) is 9.53 Å². The molecule has 0 aromatic carbocycles. The van der Waals surface area contributed by atoms with Gasteiger partial charge in [-0.1, -0.05) is 6.92 Å². The number of ether oxygens (including phenoxy) is 1. The molecule has 0 radical (unpaired) electrons. The summed E-state index contributed by atoms with van der Waals surface area (Å²) in [6.45, 7) is 4.96. The van der Waals surface area contributed by atoms with Crippen molar-refractivity contribution in [3.63, 3.8) is 0 Å². The van der Waals surface area contributed by atoms with Crippen molar-refractivity contribution in [1.82, 2.24) is 5.32 Å². The third-order valence-electron chi connectivity index (χ3n) is 2.78. The molecule has 1 aliphatic heterocycles. The Morgan fingerprint density at radius 3 is 3.07 bits per heavy atom. The van der Waals surface area contributed by atoms with Gasteiger partial charge in [-0.15, -0.1) is 0 Å². The number of carbonyl (C=O) groups is 1. The van der Waals surface area contributed by atoms with Crippen molar-refractivity contribution in [2.75, 3.05) is 26.3 Å². The molecule has 0 saturated carbocycles. The molecule has 0 aromatic heterocycles. The summed E-state index contributed by atoms with van der Waals surface area (Å²) < 4.78 is 5.35. The minimum atomic E-state index is 0.110. The highest BCUT2D eigenvalue weighted by Crippen LogP contribution is 2.12. The normalized spacial score (nSPS) is 23.5. The van der Waals surface area contributed by atoms with E-state index >= 15 is 0 Å². The lowest BCUT2D eigenvalue weighted by atomic mass is 10.0. The Balaban J connectivity index is 2.10. The Hall–Kier alpha value is -0.610. The second kappa shape index (κ2) is 6.80. The molecule has 1 fully saturated rings. The van der Waals surface area contributed by atoms with Crippen molar-refractivity contribution in [3.8, 4) is 0 Å². The lowest BCUT2D eigenvalue weighted by molar-refractivity contribution is -0.122. The van der Waals surface area contributed by atoms with Crippen molar-refractivity contribution < 1.29 is 9.53 Å².